The second kappa shape index (κ2) is 5.19. The van der Waals surface area contributed by atoms with Gasteiger partial charge in [0.05, 0.1) is 5.60 Å². The van der Waals surface area contributed by atoms with Crippen LogP contribution in [0.4, 0.5) is 0 Å². The maximum Gasteiger partial charge on any atom is 0.0783 e. The summed E-state index contributed by atoms with van der Waals surface area (Å²) in [7, 11) is 0. The number of aryl methyl sites for hydroxylation is 1. The first-order valence-electron chi connectivity index (χ1n) is 6.21. The van der Waals surface area contributed by atoms with E-state index in [9.17, 15) is 5.11 Å². The molecule has 1 aromatic carbocycles. The van der Waals surface area contributed by atoms with E-state index in [1.165, 1.54) is 11.1 Å². The Labute approximate surface area is 105 Å². The summed E-state index contributed by atoms with van der Waals surface area (Å²) < 4.78 is 0. The molecule has 0 aliphatic carbocycles. The number of β-amino-alcohol motifs (C(OH)–C–C–N with tert-alkyl or cyclic N) is 1. The third kappa shape index (κ3) is 5.85. The quantitative estimate of drug-likeness (QED) is 0.841. The number of benzene rings is 1. The second-order valence-electron chi connectivity index (χ2n) is 6.27. The van der Waals surface area contributed by atoms with Crippen LogP contribution in [0.5, 0.6) is 0 Å². The fourth-order valence-corrected chi connectivity index (χ4v) is 1.78. The minimum atomic E-state index is -0.707. The number of nitrogens with one attached hydrogen (secondary N) is 1. The second-order valence-corrected chi connectivity index (χ2v) is 6.27. The van der Waals surface area contributed by atoms with Gasteiger partial charge in [-0.2, -0.15) is 0 Å². The molecule has 0 fully saturated rings. The van der Waals surface area contributed by atoms with Gasteiger partial charge in [-0.3, -0.25) is 0 Å². The van der Waals surface area contributed by atoms with Gasteiger partial charge in [0.1, 0.15) is 0 Å². The van der Waals surface area contributed by atoms with Crippen molar-refractivity contribution in [2.24, 2.45) is 0 Å². The van der Waals surface area contributed by atoms with Gasteiger partial charge in [0.15, 0.2) is 0 Å². The smallest absolute Gasteiger partial charge is 0.0783 e. The van der Waals surface area contributed by atoms with E-state index in [4.69, 9.17) is 0 Å². The largest absolute Gasteiger partial charge is 0.389 e. The molecular formula is C15H25NO. The monoisotopic (exact) mass is 235 g/mol. The topological polar surface area (TPSA) is 32.3 Å². The highest BCUT2D eigenvalue weighted by Crippen LogP contribution is 2.15. The summed E-state index contributed by atoms with van der Waals surface area (Å²) in [5.41, 5.74) is 1.75. The normalized spacial score (nSPS) is 15.6. The molecule has 0 amide bonds. The van der Waals surface area contributed by atoms with Crippen molar-refractivity contribution in [3.05, 3.63) is 35.4 Å². The Morgan fingerprint density at radius 2 is 1.82 bits per heavy atom. The number of rotatable bonds is 4. The zero-order chi connectivity index (χ0) is 13.1. The Balaban J connectivity index is 2.60. The number of hydrogen-bond donors (Lipinski definition) is 2. The number of aliphatic hydroxyl groups is 1. The summed E-state index contributed by atoms with van der Waals surface area (Å²) in [6.07, 6.45) is 0.678. The van der Waals surface area contributed by atoms with Gasteiger partial charge in [-0.05, 0) is 40.2 Å². The molecule has 17 heavy (non-hydrogen) atoms. The van der Waals surface area contributed by atoms with Gasteiger partial charge < -0.3 is 10.4 Å². The van der Waals surface area contributed by atoms with Gasteiger partial charge >= 0.3 is 0 Å². The van der Waals surface area contributed by atoms with Crippen LogP contribution in [-0.4, -0.2) is 22.8 Å². The van der Waals surface area contributed by atoms with E-state index in [-0.39, 0.29) is 5.54 Å². The minimum Gasteiger partial charge on any atom is -0.389 e. The molecule has 0 heterocycles. The summed E-state index contributed by atoms with van der Waals surface area (Å²) in [6.45, 7) is 10.9. The van der Waals surface area contributed by atoms with Crippen LogP contribution in [0.15, 0.2) is 24.3 Å². The van der Waals surface area contributed by atoms with Crippen molar-refractivity contribution in [3.63, 3.8) is 0 Å². The van der Waals surface area contributed by atoms with E-state index >= 15 is 0 Å². The zero-order valence-corrected chi connectivity index (χ0v) is 11.7. The van der Waals surface area contributed by atoms with Crippen molar-refractivity contribution in [1.82, 2.24) is 5.32 Å². The van der Waals surface area contributed by atoms with Crippen LogP contribution in [0.1, 0.15) is 38.8 Å². The van der Waals surface area contributed by atoms with Crippen LogP contribution < -0.4 is 5.32 Å². The summed E-state index contributed by atoms with van der Waals surface area (Å²) in [4.78, 5) is 0. The highest BCUT2D eigenvalue weighted by Gasteiger charge is 2.23. The Morgan fingerprint density at radius 3 is 2.35 bits per heavy atom. The molecule has 1 rings (SSSR count). The lowest BCUT2D eigenvalue weighted by Gasteiger charge is -2.29. The SMILES string of the molecule is Cc1cccc(CC(C)(O)CNC(C)(C)C)c1. The Hall–Kier alpha value is -0.860. The fourth-order valence-electron chi connectivity index (χ4n) is 1.78. The van der Waals surface area contributed by atoms with E-state index in [1.807, 2.05) is 13.0 Å². The van der Waals surface area contributed by atoms with Crippen LogP contribution in [-0.2, 0) is 6.42 Å². The Kier molecular flexibility index (Phi) is 4.34. The molecule has 0 aliphatic rings. The highest BCUT2D eigenvalue weighted by atomic mass is 16.3. The molecule has 2 heteroatoms. The molecule has 0 aliphatic heterocycles. The Bertz CT molecular complexity index is 363. The first-order valence-corrected chi connectivity index (χ1v) is 6.21. The molecule has 0 saturated heterocycles. The lowest BCUT2D eigenvalue weighted by atomic mass is 9.94. The summed E-state index contributed by atoms with van der Waals surface area (Å²) in [5.74, 6) is 0. The lowest BCUT2D eigenvalue weighted by Crippen LogP contribution is -2.47. The average molecular weight is 235 g/mol. The standard InChI is InChI=1S/C15H25NO/c1-12-7-6-8-13(9-12)10-15(5,17)11-16-14(2,3)4/h6-9,16-17H,10-11H2,1-5H3. The number of hydrogen-bond acceptors (Lipinski definition) is 2. The zero-order valence-electron chi connectivity index (χ0n) is 11.7. The molecule has 1 unspecified atom stereocenters. The molecule has 0 aromatic heterocycles. The molecule has 0 spiro atoms. The van der Waals surface area contributed by atoms with Crippen LogP contribution in [0.3, 0.4) is 0 Å². The summed E-state index contributed by atoms with van der Waals surface area (Å²) in [5, 5.41) is 13.7. The highest BCUT2D eigenvalue weighted by molar-refractivity contribution is 5.23. The third-order valence-corrected chi connectivity index (χ3v) is 2.67. The van der Waals surface area contributed by atoms with Crippen molar-refractivity contribution >= 4 is 0 Å². The first kappa shape index (κ1) is 14.2. The van der Waals surface area contributed by atoms with Gasteiger partial charge in [-0.1, -0.05) is 29.8 Å². The van der Waals surface area contributed by atoms with Gasteiger partial charge in [-0.15, -0.1) is 0 Å². The first-order chi connectivity index (χ1) is 7.68. The van der Waals surface area contributed by atoms with E-state index in [1.54, 1.807) is 0 Å². The van der Waals surface area contributed by atoms with E-state index in [0.29, 0.717) is 13.0 Å². The van der Waals surface area contributed by atoms with Crippen LogP contribution >= 0.6 is 0 Å². The molecule has 96 valence electrons. The maximum atomic E-state index is 10.4. The van der Waals surface area contributed by atoms with Gasteiger partial charge in [0.25, 0.3) is 0 Å². The van der Waals surface area contributed by atoms with Crippen LogP contribution in [0, 0.1) is 6.92 Å². The van der Waals surface area contributed by atoms with Gasteiger partial charge in [0, 0.05) is 18.5 Å². The molecule has 2 nitrogen and oxygen atoms in total. The average Bonchev–Trinajstić information content (AvgIpc) is 2.13. The minimum absolute atomic E-state index is 0.0383. The van der Waals surface area contributed by atoms with Crippen molar-refractivity contribution in [2.75, 3.05) is 6.54 Å². The van der Waals surface area contributed by atoms with E-state index in [2.05, 4.69) is 51.2 Å². The fraction of sp³-hybridized carbons (Fsp3) is 0.600. The van der Waals surface area contributed by atoms with E-state index < -0.39 is 5.60 Å². The van der Waals surface area contributed by atoms with Crippen molar-refractivity contribution in [3.8, 4) is 0 Å². The summed E-state index contributed by atoms with van der Waals surface area (Å²) >= 11 is 0. The van der Waals surface area contributed by atoms with Gasteiger partial charge in [0.2, 0.25) is 0 Å². The molecule has 0 radical (unpaired) electrons. The van der Waals surface area contributed by atoms with Crippen molar-refractivity contribution in [2.45, 2.75) is 52.2 Å². The lowest BCUT2D eigenvalue weighted by molar-refractivity contribution is 0.0535. The molecule has 2 N–H and O–H groups in total. The predicted octanol–water partition coefficient (Wildman–Crippen LogP) is 2.68. The Morgan fingerprint density at radius 1 is 1.18 bits per heavy atom. The summed E-state index contributed by atoms with van der Waals surface area (Å²) in [6, 6.07) is 8.31. The molecule has 1 aromatic rings. The van der Waals surface area contributed by atoms with Crippen LogP contribution in [0.2, 0.25) is 0 Å². The molecule has 1 atom stereocenters. The third-order valence-electron chi connectivity index (χ3n) is 2.67. The molecule has 0 bridgehead atoms. The van der Waals surface area contributed by atoms with Crippen molar-refractivity contribution < 1.29 is 5.11 Å². The maximum absolute atomic E-state index is 10.4. The predicted molar refractivity (Wildman–Crippen MR) is 73.3 cm³/mol. The molecular weight excluding hydrogens is 210 g/mol. The van der Waals surface area contributed by atoms with Crippen LogP contribution in [0.25, 0.3) is 0 Å². The van der Waals surface area contributed by atoms with E-state index in [0.717, 1.165) is 0 Å². The van der Waals surface area contributed by atoms with Crippen molar-refractivity contribution in [1.29, 1.82) is 0 Å². The molecule has 0 saturated carbocycles. The van der Waals surface area contributed by atoms with Gasteiger partial charge in [-0.25, -0.2) is 0 Å².